The molecule has 4 rings (SSSR count). The Morgan fingerprint density at radius 2 is 1.68 bits per heavy atom. The van der Waals surface area contributed by atoms with Crippen LogP contribution < -0.4 is 15.0 Å². The van der Waals surface area contributed by atoms with Gasteiger partial charge in [0, 0.05) is 13.1 Å². The number of piperidine rings is 1. The Kier molecular flexibility index (Phi) is 5.61. The van der Waals surface area contributed by atoms with Gasteiger partial charge in [0.1, 0.15) is 18.1 Å². The fourth-order valence-electron chi connectivity index (χ4n) is 3.42. The predicted octanol–water partition coefficient (Wildman–Crippen LogP) is 5.10. The van der Waals surface area contributed by atoms with Crippen LogP contribution in [0.4, 0.5) is 11.4 Å². The van der Waals surface area contributed by atoms with E-state index in [0.29, 0.717) is 5.76 Å². The Hall–Kier alpha value is -3.21. The third-order valence-electron chi connectivity index (χ3n) is 4.86. The van der Waals surface area contributed by atoms with Crippen LogP contribution in [0, 0.1) is 0 Å². The van der Waals surface area contributed by atoms with Crippen molar-refractivity contribution in [2.24, 2.45) is 0 Å². The van der Waals surface area contributed by atoms with E-state index in [0.717, 1.165) is 30.2 Å². The third kappa shape index (κ3) is 4.36. The van der Waals surface area contributed by atoms with Gasteiger partial charge in [0.2, 0.25) is 0 Å². The zero-order valence-corrected chi connectivity index (χ0v) is 15.8. The van der Waals surface area contributed by atoms with Gasteiger partial charge in [0.05, 0.1) is 11.4 Å². The first-order valence-electron chi connectivity index (χ1n) is 9.71. The average molecular weight is 376 g/mol. The number of carbonyl (C=O) groups excluding carboxylic acids is 1. The number of furan rings is 1. The highest BCUT2D eigenvalue weighted by Crippen LogP contribution is 2.28. The molecule has 0 unspecified atom stereocenters. The van der Waals surface area contributed by atoms with Gasteiger partial charge in [-0.05, 0) is 55.7 Å². The second kappa shape index (κ2) is 8.65. The Balaban J connectivity index is 1.41. The van der Waals surface area contributed by atoms with E-state index in [4.69, 9.17) is 9.15 Å². The number of para-hydroxylation sites is 3. The maximum absolute atomic E-state index is 12.7. The van der Waals surface area contributed by atoms with Gasteiger partial charge >= 0.3 is 0 Å². The van der Waals surface area contributed by atoms with Crippen LogP contribution in [-0.4, -0.2) is 19.0 Å². The molecule has 1 N–H and O–H groups in total. The van der Waals surface area contributed by atoms with Crippen LogP contribution in [0.2, 0.25) is 0 Å². The molecule has 144 valence electrons. The van der Waals surface area contributed by atoms with Gasteiger partial charge in [-0.1, -0.05) is 30.3 Å². The molecule has 5 nitrogen and oxygen atoms in total. The smallest absolute Gasteiger partial charge is 0.291 e. The van der Waals surface area contributed by atoms with Crippen LogP contribution in [0.5, 0.6) is 5.75 Å². The molecule has 1 aromatic heterocycles. The van der Waals surface area contributed by atoms with Crippen molar-refractivity contribution in [1.29, 1.82) is 0 Å². The van der Waals surface area contributed by atoms with Crippen molar-refractivity contribution in [2.45, 2.75) is 25.9 Å². The van der Waals surface area contributed by atoms with Gasteiger partial charge in [-0.15, -0.1) is 0 Å². The number of ether oxygens (including phenoxy) is 1. The largest absolute Gasteiger partial charge is 0.486 e. The standard InChI is InChI=1S/C23H24N2O3/c26-23(22-14-13-19(28-22)17-27-18-9-3-1-4-10-18)24-20-11-5-6-12-21(20)25-15-7-2-8-16-25/h1,3-6,9-14H,2,7-8,15-17H2,(H,24,26). The number of amides is 1. The summed E-state index contributed by atoms with van der Waals surface area (Å²) in [5.74, 6) is 1.40. The van der Waals surface area contributed by atoms with E-state index >= 15 is 0 Å². The molecule has 1 aliphatic heterocycles. The highest BCUT2D eigenvalue weighted by molar-refractivity contribution is 6.04. The summed E-state index contributed by atoms with van der Waals surface area (Å²) in [5, 5.41) is 3.00. The number of anilines is 2. The topological polar surface area (TPSA) is 54.7 Å². The minimum absolute atomic E-state index is 0.254. The van der Waals surface area contributed by atoms with Crippen molar-refractivity contribution < 1.29 is 13.9 Å². The Labute approximate surface area is 164 Å². The lowest BCUT2D eigenvalue weighted by molar-refractivity contribution is 0.0992. The quantitative estimate of drug-likeness (QED) is 0.650. The molecule has 1 saturated heterocycles. The monoisotopic (exact) mass is 376 g/mol. The van der Waals surface area contributed by atoms with Crippen LogP contribution in [0.1, 0.15) is 35.6 Å². The first-order valence-corrected chi connectivity index (χ1v) is 9.71. The van der Waals surface area contributed by atoms with E-state index in [1.165, 1.54) is 19.3 Å². The molecule has 0 radical (unpaired) electrons. The Bertz CT molecular complexity index is 914. The number of benzene rings is 2. The molecule has 1 aliphatic rings. The highest BCUT2D eigenvalue weighted by atomic mass is 16.5. The summed E-state index contributed by atoms with van der Waals surface area (Å²) < 4.78 is 11.3. The molecule has 1 amide bonds. The van der Waals surface area contributed by atoms with Crippen molar-refractivity contribution in [3.63, 3.8) is 0 Å². The Morgan fingerprint density at radius 3 is 2.50 bits per heavy atom. The van der Waals surface area contributed by atoms with Crippen LogP contribution in [0.25, 0.3) is 0 Å². The second-order valence-electron chi connectivity index (χ2n) is 6.89. The summed E-state index contributed by atoms with van der Waals surface area (Å²) in [6.45, 7) is 2.32. The summed E-state index contributed by atoms with van der Waals surface area (Å²) in [5.41, 5.74) is 1.88. The minimum Gasteiger partial charge on any atom is -0.486 e. The fraction of sp³-hybridized carbons (Fsp3) is 0.261. The summed E-state index contributed by atoms with van der Waals surface area (Å²) >= 11 is 0. The molecule has 2 aromatic carbocycles. The molecule has 2 heterocycles. The summed E-state index contributed by atoms with van der Waals surface area (Å²) in [6, 6.07) is 20.9. The minimum atomic E-state index is -0.254. The van der Waals surface area contributed by atoms with Gasteiger partial charge in [-0.25, -0.2) is 0 Å². The lowest BCUT2D eigenvalue weighted by Gasteiger charge is -2.30. The first kappa shape index (κ1) is 18.2. The SMILES string of the molecule is O=C(Nc1ccccc1N1CCCCC1)c1ccc(COc2ccccc2)o1. The Morgan fingerprint density at radius 1 is 0.929 bits per heavy atom. The van der Waals surface area contributed by atoms with E-state index in [9.17, 15) is 4.79 Å². The zero-order chi connectivity index (χ0) is 19.2. The molecule has 0 saturated carbocycles. The van der Waals surface area contributed by atoms with Crippen molar-refractivity contribution in [2.75, 3.05) is 23.3 Å². The first-order chi connectivity index (χ1) is 13.8. The number of hydrogen-bond donors (Lipinski definition) is 1. The molecule has 0 bridgehead atoms. The summed E-state index contributed by atoms with van der Waals surface area (Å²) in [4.78, 5) is 15.0. The highest BCUT2D eigenvalue weighted by Gasteiger charge is 2.17. The normalized spacial score (nSPS) is 13.9. The van der Waals surface area contributed by atoms with Gasteiger partial charge in [-0.3, -0.25) is 4.79 Å². The van der Waals surface area contributed by atoms with Gasteiger partial charge in [0.25, 0.3) is 5.91 Å². The van der Waals surface area contributed by atoms with Crippen molar-refractivity contribution in [1.82, 2.24) is 0 Å². The number of rotatable bonds is 6. The molecule has 5 heteroatoms. The van der Waals surface area contributed by atoms with Crippen LogP contribution in [0.3, 0.4) is 0 Å². The maximum Gasteiger partial charge on any atom is 0.291 e. The number of carbonyl (C=O) groups is 1. The van der Waals surface area contributed by atoms with Crippen LogP contribution in [-0.2, 0) is 6.61 Å². The second-order valence-corrected chi connectivity index (χ2v) is 6.89. The summed E-state index contributed by atoms with van der Waals surface area (Å²) in [7, 11) is 0. The van der Waals surface area contributed by atoms with Crippen LogP contribution >= 0.6 is 0 Å². The van der Waals surface area contributed by atoms with E-state index in [-0.39, 0.29) is 18.3 Å². The lowest BCUT2D eigenvalue weighted by atomic mass is 10.1. The molecule has 3 aromatic rings. The third-order valence-corrected chi connectivity index (χ3v) is 4.86. The van der Waals surface area contributed by atoms with Gasteiger partial charge in [0.15, 0.2) is 5.76 Å². The number of hydrogen-bond acceptors (Lipinski definition) is 4. The number of nitrogens with one attached hydrogen (secondary N) is 1. The molecule has 28 heavy (non-hydrogen) atoms. The number of nitrogens with zero attached hydrogens (tertiary/aromatic N) is 1. The van der Waals surface area contributed by atoms with Crippen molar-refractivity contribution in [3.8, 4) is 5.75 Å². The molecule has 1 fully saturated rings. The maximum atomic E-state index is 12.7. The van der Waals surface area contributed by atoms with Gasteiger partial charge in [-0.2, -0.15) is 0 Å². The molecule has 0 aliphatic carbocycles. The molecule has 0 spiro atoms. The fourth-order valence-corrected chi connectivity index (χ4v) is 3.42. The zero-order valence-electron chi connectivity index (χ0n) is 15.8. The van der Waals surface area contributed by atoms with Crippen molar-refractivity contribution >= 4 is 17.3 Å². The van der Waals surface area contributed by atoms with E-state index in [1.54, 1.807) is 12.1 Å². The van der Waals surface area contributed by atoms with Crippen molar-refractivity contribution in [3.05, 3.63) is 78.3 Å². The van der Waals surface area contributed by atoms with Gasteiger partial charge < -0.3 is 19.4 Å². The molecular weight excluding hydrogens is 352 g/mol. The van der Waals surface area contributed by atoms with E-state index in [1.807, 2.05) is 48.5 Å². The lowest BCUT2D eigenvalue weighted by Crippen LogP contribution is -2.30. The van der Waals surface area contributed by atoms with Crippen LogP contribution in [0.15, 0.2) is 71.1 Å². The predicted molar refractivity (Wildman–Crippen MR) is 110 cm³/mol. The van der Waals surface area contributed by atoms with E-state index in [2.05, 4.69) is 16.3 Å². The van der Waals surface area contributed by atoms with E-state index < -0.39 is 0 Å². The molecule has 0 atom stereocenters. The summed E-state index contributed by atoms with van der Waals surface area (Å²) in [6.07, 6.45) is 3.64. The average Bonchev–Trinajstić information content (AvgIpc) is 3.23. The molecular formula is C23H24N2O3.